The number of ether oxygens (including phenoxy) is 1. The maximum atomic E-state index is 12.1. The van der Waals surface area contributed by atoms with Gasteiger partial charge < -0.3 is 10.5 Å². The van der Waals surface area contributed by atoms with Crippen LogP contribution in [0.1, 0.15) is 32.6 Å². The first-order chi connectivity index (χ1) is 9.96. The molecule has 1 aliphatic carbocycles. The number of benzene rings is 1. The van der Waals surface area contributed by atoms with Crippen LogP contribution < -0.4 is 15.2 Å². The van der Waals surface area contributed by atoms with Gasteiger partial charge in [-0.05, 0) is 43.0 Å². The Hall–Kier alpha value is -1.27. The Labute approximate surface area is 126 Å². The average molecular weight is 312 g/mol. The van der Waals surface area contributed by atoms with E-state index in [0.29, 0.717) is 17.4 Å². The van der Waals surface area contributed by atoms with Crippen molar-refractivity contribution in [3.8, 4) is 5.75 Å². The SMILES string of the molecule is CC1CCCCC1NS(=O)(=O)CCOc1ccc(N)cc1. The van der Waals surface area contributed by atoms with E-state index in [1.54, 1.807) is 24.3 Å². The number of nitrogens with one attached hydrogen (secondary N) is 1. The Kier molecular flexibility index (Phi) is 5.47. The zero-order valence-corrected chi connectivity index (χ0v) is 13.2. The Morgan fingerprint density at radius 1 is 1.24 bits per heavy atom. The highest BCUT2D eigenvalue weighted by Crippen LogP contribution is 2.24. The number of nitrogens with two attached hydrogens (primary N) is 1. The van der Waals surface area contributed by atoms with Crippen LogP contribution in [0.3, 0.4) is 0 Å². The van der Waals surface area contributed by atoms with E-state index < -0.39 is 10.0 Å². The van der Waals surface area contributed by atoms with E-state index in [2.05, 4.69) is 11.6 Å². The van der Waals surface area contributed by atoms with Crippen LogP contribution in [-0.4, -0.2) is 26.8 Å². The first kappa shape index (κ1) is 16.1. The predicted molar refractivity (Wildman–Crippen MR) is 84.7 cm³/mol. The predicted octanol–water partition coefficient (Wildman–Crippen LogP) is 2.15. The second-order valence-corrected chi connectivity index (χ2v) is 7.60. The highest BCUT2D eigenvalue weighted by atomic mass is 32.2. The van der Waals surface area contributed by atoms with Gasteiger partial charge in [0.15, 0.2) is 0 Å². The van der Waals surface area contributed by atoms with Crippen molar-refractivity contribution < 1.29 is 13.2 Å². The lowest BCUT2D eigenvalue weighted by Gasteiger charge is -2.29. The molecule has 0 radical (unpaired) electrons. The van der Waals surface area contributed by atoms with E-state index in [1.807, 2.05) is 0 Å². The lowest BCUT2D eigenvalue weighted by molar-refractivity contribution is 0.307. The molecule has 2 unspecified atom stereocenters. The standard InChI is InChI=1S/C15H24N2O3S/c1-12-4-2-3-5-15(12)17-21(18,19)11-10-20-14-8-6-13(16)7-9-14/h6-9,12,15,17H,2-5,10-11,16H2,1H3. The molecule has 118 valence electrons. The summed E-state index contributed by atoms with van der Waals surface area (Å²) in [6.07, 6.45) is 4.31. The molecule has 1 aliphatic rings. The van der Waals surface area contributed by atoms with Gasteiger partial charge in [-0.1, -0.05) is 19.8 Å². The molecule has 1 aromatic rings. The van der Waals surface area contributed by atoms with Crippen molar-refractivity contribution in [1.29, 1.82) is 0 Å². The van der Waals surface area contributed by atoms with Crippen LogP contribution in [0.2, 0.25) is 0 Å². The summed E-state index contributed by atoms with van der Waals surface area (Å²) in [5, 5.41) is 0. The van der Waals surface area contributed by atoms with E-state index >= 15 is 0 Å². The summed E-state index contributed by atoms with van der Waals surface area (Å²) >= 11 is 0. The molecule has 5 nitrogen and oxygen atoms in total. The van der Waals surface area contributed by atoms with Gasteiger partial charge in [0, 0.05) is 11.7 Å². The zero-order valence-electron chi connectivity index (χ0n) is 12.4. The topological polar surface area (TPSA) is 81.4 Å². The number of anilines is 1. The van der Waals surface area contributed by atoms with Gasteiger partial charge in [0.2, 0.25) is 10.0 Å². The molecule has 2 atom stereocenters. The summed E-state index contributed by atoms with van der Waals surface area (Å²) in [7, 11) is -3.29. The van der Waals surface area contributed by atoms with Crippen LogP contribution >= 0.6 is 0 Å². The molecular weight excluding hydrogens is 288 g/mol. The Balaban J connectivity index is 1.79. The summed E-state index contributed by atoms with van der Waals surface area (Å²) in [5.41, 5.74) is 6.24. The lowest BCUT2D eigenvalue weighted by atomic mass is 9.87. The van der Waals surface area contributed by atoms with Gasteiger partial charge in [0.1, 0.15) is 12.4 Å². The quantitative estimate of drug-likeness (QED) is 0.789. The normalized spacial score (nSPS) is 22.9. The minimum absolute atomic E-state index is 0.0272. The van der Waals surface area contributed by atoms with Crippen LogP contribution in [0.5, 0.6) is 5.75 Å². The van der Waals surface area contributed by atoms with E-state index in [1.165, 1.54) is 6.42 Å². The first-order valence-corrected chi connectivity index (χ1v) is 9.10. The van der Waals surface area contributed by atoms with Gasteiger partial charge in [-0.25, -0.2) is 13.1 Å². The highest BCUT2D eigenvalue weighted by Gasteiger charge is 2.25. The number of nitrogen functional groups attached to an aromatic ring is 1. The van der Waals surface area contributed by atoms with Gasteiger partial charge in [0.05, 0.1) is 5.75 Å². The van der Waals surface area contributed by atoms with Gasteiger partial charge in [-0.2, -0.15) is 0 Å². The van der Waals surface area contributed by atoms with Gasteiger partial charge >= 0.3 is 0 Å². The molecule has 0 amide bonds. The Morgan fingerprint density at radius 3 is 2.57 bits per heavy atom. The molecule has 0 spiro atoms. The third-order valence-electron chi connectivity index (χ3n) is 3.94. The van der Waals surface area contributed by atoms with E-state index in [9.17, 15) is 8.42 Å². The minimum Gasteiger partial charge on any atom is -0.492 e. The second kappa shape index (κ2) is 7.13. The number of hydrogen-bond acceptors (Lipinski definition) is 4. The summed E-state index contributed by atoms with van der Waals surface area (Å²) in [5.74, 6) is 1.01. The second-order valence-electron chi connectivity index (χ2n) is 5.72. The zero-order chi connectivity index (χ0) is 15.3. The van der Waals surface area contributed by atoms with E-state index in [-0.39, 0.29) is 18.4 Å². The Morgan fingerprint density at radius 2 is 1.90 bits per heavy atom. The number of hydrogen-bond donors (Lipinski definition) is 2. The summed E-state index contributed by atoms with van der Waals surface area (Å²) in [6, 6.07) is 7.00. The van der Waals surface area contributed by atoms with Crippen molar-refractivity contribution in [2.45, 2.75) is 38.6 Å². The molecule has 0 aromatic heterocycles. The first-order valence-electron chi connectivity index (χ1n) is 7.44. The minimum atomic E-state index is -3.29. The van der Waals surface area contributed by atoms with Crippen LogP contribution in [0.15, 0.2) is 24.3 Å². The molecule has 0 saturated heterocycles. The maximum Gasteiger partial charge on any atom is 0.215 e. The monoisotopic (exact) mass is 312 g/mol. The van der Waals surface area contributed by atoms with Crippen molar-refractivity contribution in [3.05, 3.63) is 24.3 Å². The van der Waals surface area contributed by atoms with Crippen molar-refractivity contribution in [3.63, 3.8) is 0 Å². The molecule has 1 fully saturated rings. The Bertz CT molecular complexity index is 543. The van der Waals surface area contributed by atoms with Crippen LogP contribution in [-0.2, 0) is 10.0 Å². The number of rotatable bonds is 6. The van der Waals surface area contributed by atoms with E-state index in [4.69, 9.17) is 10.5 Å². The molecule has 21 heavy (non-hydrogen) atoms. The smallest absolute Gasteiger partial charge is 0.215 e. The van der Waals surface area contributed by atoms with Crippen LogP contribution in [0.25, 0.3) is 0 Å². The van der Waals surface area contributed by atoms with Crippen LogP contribution in [0, 0.1) is 5.92 Å². The molecule has 1 saturated carbocycles. The van der Waals surface area contributed by atoms with E-state index in [0.717, 1.165) is 19.3 Å². The molecule has 0 heterocycles. The van der Waals surface area contributed by atoms with Crippen LogP contribution in [0.4, 0.5) is 5.69 Å². The van der Waals surface area contributed by atoms with Crippen molar-refractivity contribution in [2.24, 2.45) is 5.92 Å². The molecule has 0 aliphatic heterocycles. The molecule has 0 bridgehead atoms. The van der Waals surface area contributed by atoms with Gasteiger partial charge in [-0.15, -0.1) is 0 Å². The molecule has 6 heteroatoms. The third kappa shape index (κ3) is 5.21. The largest absolute Gasteiger partial charge is 0.492 e. The van der Waals surface area contributed by atoms with Crippen molar-refractivity contribution >= 4 is 15.7 Å². The fourth-order valence-electron chi connectivity index (χ4n) is 2.61. The summed E-state index contributed by atoms with van der Waals surface area (Å²) < 4.78 is 32.4. The van der Waals surface area contributed by atoms with Gasteiger partial charge in [0.25, 0.3) is 0 Å². The fourth-order valence-corrected chi connectivity index (χ4v) is 3.85. The van der Waals surface area contributed by atoms with Gasteiger partial charge in [-0.3, -0.25) is 0 Å². The molecule has 2 rings (SSSR count). The number of sulfonamides is 1. The summed E-state index contributed by atoms with van der Waals surface area (Å²) in [6.45, 7) is 2.25. The maximum absolute atomic E-state index is 12.1. The third-order valence-corrected chi connectivity index (χ3v) is 5.31. The average Bonchev–Trinajstić information content (AvgIpc) is 2.43. The lowest BCUT2D eigenvalue weighted by Crippen LogP contribution is -2.42. The van der Waals surface area contributed by atoms with Crippen molar-refractivity contribution in [1.82, 2.24) is 4.72 Å². The van der Waals surface area contributed by atoms with Crippen molar-refractivity contribution in [2.75, 3.05) is 18.1 Å². The summed E-state index contributed by atoms with van der Waals surface area (Å²) in [4.78, 5) is 0. The highest BCUT2D eigenvalue weighted by molar-refractivity contribution is 7.89. The molecule has 3 N–H and O–H groups in total. The molecule has 1 aromatic carbocycles. The fraction of sp³-hybridized carbons (Fsp3) is 0.600. The molecular formula is C15H24N2O3S.